The zero-order valence-electron chi connectivity index (χ0n) is 9.73. The van der Waals surface area contributed by atoms with Crippen molar-refractivity contribution in [3.05, 3.63) is 46.8 Å². The molecule has 0 aliphatic heterocycles. The number of carbonyl (C=O) groups excluding carboxylic acids is 1. The molecule has 2 N–H and O–H groups in total. The molecule has 7 heteroatoms. The summed E-state index contributed by atoms with van der Waals surface area (Å²) in [6.45, 7) is 0.0549. The smallest absolute Gasteiger partial charge is 0.243 e. The second-order valence-electron chi connectivity index (χ2n) is 3.63. The molecule has 1 heterocycles. The van der Waals surface area contributed by atoms with Crippen LogP contribution in [0.3, 0.4) is 0 Å². The van der Waals surface area contributed by atoms with Crippen LogP contribution >= 0.6 is 23.2 Å². The number of carbonyl (C=O) groups is 1. The Kier molecular flexibility index (Phi) is 4.54. The highest BCUT2D eigenvalue weighted by Gasteiger charge is 2.05. The van der Waals surface area contributed by atoms with Crippen LogP contribution in [-0.4, -0.2) is 22.4 Å². The molecule has 98 valence electrons. The lowest BCUT2D eigenvalue weighted by Crippen LogP contribution is -2.22. The first-order valence-electron chi connectivity index (χ1n) is 5.40. The molecular formula is C12H10Cl2N4O. The number of hydrogen-bond acceptors (Lipinski definition) is 4. The fourth-order valence-corrected chi connectivity index (χ4v) is 1.64. The second kappa shape index (κ2) is 6.36. The summed E-state index contributed by atoms with van der Waals surface area (Å²) in [4.78, 5) is 19.4. The molecule has 0 atom stereocenters. The van der Waals surface area contributed by atoms with E-state index in [1.54, 1.807) is 24.3 Å². The SMILES string of the molecule is O=C(CNc1ncncc1Cl)Nc1ccc(Cl)cc1. The highest BCUT2D eigenvalue weighted by atomic mass is 35.5. The third-order valence-corrected chi connectivity index (χ3v) is 2.74. The summed E-state index contributed by atoms with van der Waals surface area (Å²) in [7, 11) is 0. The van der Waals surface area contributed by atoms with Gasteiger partial charge in [-0.1, -0.05) is 23.2 Å². The van der Waals surface area contributed by atoms with Crippen LogP contribution in [0.15, 0.2) is 36.8 Å². The molecule has 2 rings (SSSR count). The van der Waals surface area contributed by atoms with Crippen molar-refractivity contribution in [1.82, 2.24) is 9.97 Å². The zero-order chi connectivity index (χ0) is 13.7. The molecule has 0 saturated carbocycles. The summed E-state index contributed by atoms with van der Waals surface area (Å²) in [6.07, 6.45) is 2.80. The Morgan fingerprint density at radius 3 is 2.63 bits per heavy atom. The van der Waals surface area contributed by atoms with Crippen LogP contribution in [-0.2, 0) is 4.79 Å². The second-order valence-corrected chi connectivity index (χ2v) is 4.47. The Labute approximate surface area is 120 Å². The van der Waals surface area contributed by atoms with Gasteiger partial charge in [0.1, 0.15) is 17.2 Å². The normalized spacial score (nSPS) is 10.0. The summed E-state index contributed by atoms with van der Waals surface area (Å²) in [5.41, 5.74) is 0.671. The molecule has 0 spiro atoms. The van der Waals surface area contributed by atoms with Gasteiger partial charge in [0.15, 0.2) is 0 Å². The number of halogens is 2. The van der Waals surface area contributed by atoms with E-state index in [2.05, 4.69) is 20.6 Å². The van der Waals surface area contributed by atoms with E-state index in [-0.39, 0.29) is 12.5 Å². The van der Waals surface area contributed by atoms with Gasteiger partial charge >= 0.3 is 0 Å². The van der Waals surface area contributed by atoms with E-state index in [0.29, 0.717) is 21.6 Å². The van der Waals surface area contributed by atoms with Crippen molar-refractivity contribution in [2.45, 2.75) is 0 Å². The molecule has 0 unspecified atom stereocenters. The van der Waals surface area contributed by atoms with E-state index >= 15 is 0 Å². The minimum absolute atomic E-state index is 0.0549. The molecule has 1 aromatic heterocycles. The summed E-state index contributed by atoms with van der Waals surface area (Å²) < 4.78 is 0. The van der Waals surface area contributed by atoms with Gasteiger partial charge in [0.05, 0.1) is 12.7 Å². The maximum absolute atomic E-state index is 11.7. The highest BCUT2D eigenvalue weighted by molar-refractivity contribution is 6.32. The van der Waals surface area contributed by atoms with Crippen molar-refractivity contribution in [2.75, 3.05) is 17.2 Å². The van der Waals surface area contributed by atoms with Gasteiger partial charge in [0.25, 0.3) is 0 Å². The molecule has 0 aliphatic rings. The van der Waals surface area contributed by atoms with Crippen LogP contribution in [0.2, 0.25) is 10.0 Å². The number of benzene rings is 1. The van der Waals surface area contributed by atoms with Crippen molar-refractivity contribution in [3.8, 4) is 0 Å². The lowest BCUT2D eigenvalue weighted by Gasteiger charge is -2.07. The highest BCUT2D eigenvalue weighted by Crippen LogP contribution is 2.16. The first-order chi connectivity index (χ1) is 9.15. The topological polar surface area (TPSA) is 66.9 Å². The Balaban J connectivity index is 1.88. The molecule has 0 saturated heterocycles. The Bertz CT molecular complexity index is 574. The van der Waals surface area contributed by atoms with Gasteiger partial charge in [-0.25, -0.2) is 9.97 Å². The van der Waals surface area contributed by atoms with Crippen molar-refractivity contribution in [1.29, 1.82) is 0 Å². The summed E-state index contributed by atoms with van der Waals surface area (Å²) in [5, 5.41) is 6.51. The molecule has 1 amide bonds. The van der Waals surface area contributed by atoms with Crippen LogP contribution in [0.5, 0.6) is 0 Å². The third-order valence-electron chi connectivity index (χ3n) is 2.21. The van der Waals surface area contributed by atoms with Gasteiger partial charge in [-0.15, -0.1) is 0 Å². The molecule has 0 fully saturated rings. The number of amides is 1. The lowest BCUT2D eigenvalue weighted by molar-refractivity contribution is -0.114. The maximum Gasteiger partial charge on any atom is 0.243 e. The first kappa shape index (κ1) is 13.6. The van der Waals surface area contributed by atoms with Gasteiger partial charge in [0.2, 0.25) is 5.91 Å². The van der Waals surface area contributed by atoms with Gasteiger partial charge in [0, 0.05) is 10.7 Å². The van der Waals surface area contributed by atoms with E-state index in [1.807, 2.05) is 0 Å². The largest absolute Gasteiger partial charge is 0.360 e. The number of hydrogen-bond donors (Lipinski definition) is 2. The van der Waals surface area contributed by atoms with Crippen LogP contribution in [0, 0.1) is 0 Å². The minimum atomic E-state index is -0.211. The van der Waals surface area contributed by atoms with E-state index in [1.165, 1.54) is 12.5 Å². The van der Waals surface area contributed by atoms with Gasteiger partial charge < -0.3 is 10.6 Å². The number of nitrogens with zero attached hydrogens (tertiary/aromatic N) is 2. The standard InChI is InChI=1S/C12H10Cl2N4O/c13-8-1-3-9(4-2-8)18-11(19)6-16-12-10(14)5-15-7-17-12/h1-5,7H,6H2,(H,18,19)(H,15,16,17). The van der Waals surface area contributed by atoms with Gasteiger partial charge in [-0.05, 0) is 24.3 Å². The first-order valence-corrected chi connectivity index (χ1v) is 6.15. The van der Waals surface area contributed by atoms with E-state index in [9.17, 15) is 4.79 Å². The van der Waals surface area contributed by atoms with E-state index < -0.39 is 0 Å². The quantitative estimate of drug-likeness (QED) is 0.910. The number of nitrogens with one attached hydrogen (secondary N) is 2. The Morgan fingerprint density at radius 1 is 1.21 bits per heavy atom. The zero-order valence-corrected chi connectivity index (χ0v) is 11.2. The molecular weight excluding hydrogens is 287 g/mol. The fraction of sp³-hybridized carbons (Fsp3) is 0.0833. The van der Waals surface area contributed by atoms with E-state index in [4.69, 9.17) is 23.2 Å². The molecule has 0 aliphatic carbocycles. The summed E-state index contributed by atoms with van der Waals surface area (Å²) in [5.74, 6) is 0.208. The van der Waals surface area contributed by atoms with Crippen LogP contribution < -0.4 is 10.6 Å². The van der Waals surface area contributed by atoms with Crippen molar-refractivity contribution >= 4 is 40.6 Å². The van der Waals surface area contributed by atoms with Crippen LogP contribution in [0.4, 0.5) is 11.5 Å². The molecule has 2 aromatic rings. The third kappa shape index (κ3) is 4.08. The minimum Gasteiger partial charge on any atom is -0.360 e. The van der Waals surface area contributed by atoms with Crippen molar-refractivity contribution in [3.63, 3.8) is 0 Å². The lowest BCUT2D eigenvalue weighted by atomic mass is 10.3. The molecule has 1 aromatic carbocycles. The number of rotatable bonds is 4. The maximum atomic E-state index is 11.7. The molecule has 5 nitrogen and oxygen atoms in total. The summed E-state index contributed by atoms with van der Waals surface area (Å²) >= 11 is 11.6. The average molecular weight is 297 g/mol. The van der Waals surface area contributed by atoms with Crippen LogP contribution in [0.25, 0.3) is 0 Å². The fourth-order valence-electron chi connectivity index (χ4n) is 1.35. The summed E-state index contributed by atoms with van der Waals surface area (Å²) in [6, 6.07) is 6.84. The monoisotopic (exact) mass is 296 g/mol. The van der Waals surface area contributed by atoms with Crippen molar-refractivity contribution in [2.24, 2.45) is 0 Å². The molecule has 19 heavy (non-hydrogen) atoms. The predicted molar refractivity (Wildman–Crippen MR) is 75.6 cm³/mol. The van der Waals surface area contributed by atoms with Crippen molar-refractivity contribution < 1.29 is 4.79 Å². The van der Waals surface area contributed by atoms with Gasteiger partial charge in [-0.3, -0.25) is 4.79 Å². The van der Waals surface area contributed by atoms with Crippen LogP contribution in [0.1, 0.15) is 0 Å². The predicted octanol–water partition coefficient (Wildman–Crippen LogP) is 2.83. The Hall–Kier alpha value is -1.85. The van der Waals surface area contributed by atoms with E-state index in [0.717, 1.165) is 0 Å². The molecule has 0 bridgehead atoms. The number of anilines is 2. The molecule has 0 radical (unpaired) electrons. The van der Waals surface area contributed by atoms with Gasteiger partial charge in [-0.2, -0.15) is 0 Å². The number of aromatic nitrogens is 2. The Morgan fingerprint density at radius 2 is 1.95 bits per heavy atom. The average Bonchev–Trinajstić information content (AvgIpc) is 2.40.